The Hall–Kier alpha value is -1.15. The molecule has 0 aliphatic carbocycles. The molecule has 100 valence electrons. The third-order valence-corrected chi connectivity index (χ3v) is 2.50. The lowest BCUT2D eigenvalue weighted by atomic mass is 10.3. The topological polar surface area (TPSA) is 41.1 Å². The SMILES string of the molecule is O=C(CNCC(F)(F)F)Nc1c(F)cccc1Br. The molecule has 1 amide bonds. The molecule has 0 radical (unpaired) electrons. The number of carbonyl (C=O) groups is 1. The average Bonchev–Trinajstić information content (AvgIpc) is 2.22. The molecule has 8 heteroatoms. The van der Waals surface area contributed by atoms with Gasteiger partial charge in [0.25, 0.3) is 0 Å². The van der Waals surface area contributed by atoms with E-state index in [2.05, 4.69) is 21.2 Å². The van der Waals surface area contributed by atoms with Gasteiger partial charge < -0.3 is 10.6 Å². The van der Waals surface area contributed by atoms with Crippen LogP contribution in [0.3, 0.4) is 0 Å². The Labute approximate surface area is 109 Å². The second-order valence-corrected chi connectivity index (χ2v) is 4.22. The van der Waals surface area contributed by atoms with Crippen LogP contribution in [0.5, 0.6) is 0 Å². The maximum Gasteiger partial charge on any atom is 0.401 e. The van der Waals surface area contributed by atoms with E-state index in [1.54, 1.807) is 0 Å². The van der Waals surface area contributed by atoms with Gasteiger partial charge in [0, 0.05) is 4.47 Å². The Morgan fingerprint density at radius 3 is 2.56 bits per heavy atom. The first-order valence-electron chi connectivity index (χ1n) is 4.81. The number of benzene rings is 1. The molecule has 1 aromatic carbocycles. The van der Waals surface area contributed by atoms with Crippen molar-refractivity contribution in [3.63, 3.8) is 0 Å². The van der Waals surface area contributed by atoms with Gasteiger partial charge in [-0.25, -0.2) is 4.39 Å². The second-order valence-electron chi connectivity index (χ2n) is 3.36. The van der Waals surface area contributed by atoms with Gasteiger partial charge >= 0.3 is 6.18 Å². The van der Waals surface area contributed by atoms with Gasteiger partial charge in [-0.2, -0.15) is 13.2 Å². The quantitative estimate of drug-likeness (QED) is 0.834. The molecule has 3 nitrogen and oxygen atoms in total. The van der Waals surface area contributed by atoms with Crippen molar-refractivity contribution in [1.82, 2.24) is 5.32 Å². The number of halogens is 5. The molecule has 1 aromatic rings. The molecule has 0 saturated carbocycles. The Kier molecular flexibility index (Phi) is 5.09. The van der Waals surface area contributed by atoms with Crippen molar-refractivity contribution in [3.8, 4) is 0 Å². The predicted molar refractivity (Wildman–Crippen MR) is 61.7 cm³/mol. The van der Waals surface area contributed by atoms with Crippen LogP contribution in [0.25, 0.3) is 0 Å². The van der Waals surface area contributed by atoms with Crippen molar-refractivity contribution < 1.29 is 22.4 Å². The van der Waals surface area contributed by atoms with Crippen LogP contribution < -0.4 is 10.6 Å². The summed E-state index contributed by atoms with van der Waals surface area (Å²) in [7, 11) is 0. The molecule has 0 aliphatic heterocycles. The largest absolute Gasteiger partial charge is 0.401 e. The number of hydrogen-bond acceptors (Lipinski definition) is 2. The van der Waals surface area contributed by atoms with Crippen LogP contribution >= 0.6 is 15.9 Å². The summed E-state index contributed by atoms with van der Waals surface area (Å²) in [6, 6.07) is 4.06. The van der Waals surface area contributed by atoms with Crippen LogP contribution in [0.4, 0.5) is 23.2 Å². The summed E-state index contributed by atoms with van der Waals surface area (Å²) in [5.41, 5.74) is -0.101. The molecule has 0 fully saturated rings. The predicted octanol–water partition coefficient (Wildman–Crippen LogP) is 2.68. The Bertz CT molecular complexity index is 416. The van der Waals surface area contributed by atoms with Gasteiger partial charge in [-0.05, 0) is 28.1 Å². The number of hydrogen-bond donors (Lipinski definition) is 2. The maximum atomic E-state index is 13.3. The fraction of sp³-hybridized carbons (Fsp3) is 0.300. The van der Waals surface area contributed by atoms with Crippen LogP contribution in [0.15, 0.2) is 22.7 Å². The van der Waals surface area contributed by atoms with Crippen LogP contribution in [0.2, 0.25) is 0 Å². The molecule has 0 unspecified atom stereocenters. The molecule has 0 atom stereocenters. The molecule has 0 heterocycles. The lowest BCUT2D eigenvalue weighted by molar-refractivity contribution is -0.126. The van der Waals surface area contributed by atoms with E-state index < -0.39 is 31.0 Å². The zero-order valence-corrected chi connectivity index (χ0v) is 10.5. The molecule has 2 N–H and O–H groups in total. The Morgan fingerprint density at radius 1 is 1.33 bits per heavy atom. The minimum absolute atomic E-state index is 0.101. The van der Waals surface area contributed by atoms with Gasteiger partial charge in [-0.15, -0.1) is 0 Å². The highest BCUT2D eigenvalue weighted by Crippen LogP contribution is 2.24. The van der Waals surface area contributed by atoms with Crippen molar-refractivity contribution in [3.05, 3.63) is 28.5 Å². The Morgan fingerprint density at radius 2 is 2.00 bits per heavy atom. The van der Waals surface area contributed by atoms with Crippen molar-refractivity contribution >= 4 is 27.5 Å². The highest BCUT2D eigenvalue weighted by molar-refractivity contribution is 9.10. The number of anilines is 1. The Balaban J connectivity index is 2.50. The van der Waals surface area contributed by atoms with E-state index in [0.717, 1.165) is 6.07 Å². The summed E-state index contributed by atoms with van der Waals surface area (Å²) in [5.74, 6) is -1.43. The number of alkyl halides is 3. The summed E-state index contributed by atoms with van der Waals surface area (Å²) >= 11 is 3.02. The van der Waals surface area contributed by atoms with E-state index in [1.165, 1.54) is 12.1 Å². The molecule has 0 bridgehead atoms. The average molecular weight is 329 g/mol. The van der Waals surface area contributed by atoms with E-state index >= 15 is 0 Å². The van der Waals surface area contributed by atoms with Crippen molar-refractivity contribution in [2.24, 2.45) is 0 Å². The summed E-state index contributed by atoms with van der Waals surface area (Å²) in [6.07, 6.45) is -4.39. The van der Waals surface area contributed by atoms with E-state index in [9.17, 15) is 22.4 Å². The lowest BCUT2D eigenvalue weighted by Crippen LogP contribution is -2.35. The third kappa shape index (κ3) is 5.01. The minimum Gasteiger partial charge on any atom is -0.322 e. The molecule has 18 heavy (non-hydrogen) atoms. The fourth-order valence-corrected chi connectivity index (χ4v) is 1.56. The van der Waals surface area contributed by atoms with Gasteiger partial charge in [0.05, 0.1) is 18.8 Å². The van der Waals surface area contributed by atoms with E-state index in [-0.39, 0.29) is 5.69 Å². The summed E-state index contributed by atoms with van der Waals surface area (Å²) in [6.45, 7) is -1.83. The van der Waals surface area contributed by atoms with Gasteiger partial charge in [-0.1, -0.05) is 6.07 Å². The molecule has 0 aliphatic rings. The molecular weight excluding hydrogens is 320 g/mol. The first-order chi connectivity index (χ1) is 8.29. The van der Waals surface area contributed by atoms with E-state index in [4.69, 9.17) is 0 Å². The van der Waals surface area contributed by atoms with Crippen LogP contribution in [0.1, 0.15) is 0 Å². The number of para-hydroxylation sites is 1. The third-order valence-electron chi connectivity index (χ3n) is 1.84. The van der Waals surface area contributed by atoms with Crippen molar-refractivity contribution in [2.45, 2.75) is 6.18 Å². The van der Waals surface area contributed by atoms with Gasteiger partial charge in [0.2, 0.25) is 5.91 Å². The number of carbonyl (C=O) groups excluding carboxylic acids is 1. The van der Waals surface area contributed by atoms with Crippen LogP contribution in [0, 0.1) is 5.82 Å². The second kappa shape index (κ2) is 6.14. The van der Waals surface area contributed by atoms with E-state index in [0.29, 0.717) is 4.47 Å². The van der Waals surface area contributed by atoms with Gasteiger partial charge in [-0.3, -0.25) is 4.79 Å². The van der Waals surface area contributed by atoms with Gasteiger partial charge in [0.1, 0.15) is 5.82 Å². The summed E-state index contributed by atoms with van der Waals surface area (Å²) in [5, 5.41) is 4.08. The zero-order valence-electron chi connectivity index (χ0n) is 8.94. The minimum atomic E-state index is -4.39. The maximum absolute atomic E-state index is 13.3. The standard InChI is InChI=1S/C10H9BrF4N2O/c11-6-2-1-3-7(12)9(6)17-8(18)4-16-5-10(13,14)15/h1-3,16H,4-5H2,(H,17,18). The first-order valence-corrected chi connectivity index (χ1v) is 5.60. The number of nitrogens with one attached hydrogen (secondary N) is 2. The molecule has 0 aromatic heterocycles. The summed E-state index contributed by atoms with van der Waals surface area (Å²) in [4.78, 5) is 11.3. The monoisotopic (exact) mass is 328 g/mol. The lowest BCUT2D eigenvalue weighted by Gasteiger charge is -2.10. The van der Waals surface area contributed by atoms with Gasteiger partial charge in [0.15, 0.2) is 0 Å². The normalized spacial score (nSPS) is 11.4. The molecule has 0 spiro atoms. The highest BCUT2D eigenvalue weighted by Gasteiger charge is 2.26. The molecular formula is C10H9BrF4N2O. The first kappa shape index (κ1) is 14.9. The smallest absolute Gasteiger partial charge is 0.322 e. The van der Waals surface area contributed by atoms with Crippen LogP contribution in [-0.4, -0.2) is 25.2 Å². The zero-order chi connectivity index (χ0) is 13.8. The van der Waals surface area contributed by atoms with Crippen molar-refractivity contribution in [2.75, 3.05) is 18.4 Å². The van der Waals surface area contributed by atoms with Crippen LogP contribution in [-0.2, 0) is 4.79 Å². The number of amides is 1. The number of rotatable bonds is 4. The summed E-state index contributed by atoms with van der Waals surface area (Å²) < 4.78 is 49.0. The molecule has 1 rings (SSSR count). The van der Waals surface area contributed by atoms with E-state index in [1.807, 2.05) is 5.32 Å². The fourth-order valence-electron chi connectivity index (χ4n) is 1.12. The highest BCUT2D eigenvalue weighted by atomic mass is 79.9. The van der Waals surface area contributed by atoms with Crippen molar-refractivity contribution in [1.29, 1.82) is 0 Å². The molecule has 0 saturated heterocycles.